The number of nitro groups is 1. The van der Waals surface area contributed by atoms with Gasteiger partial charge in [0.1, 0.15) is 0 Å². The van der Waals surface area contributed by atoms with Gasteiger partial charge in [0, 0.05) is 24.3 Å². The lowest BCUT2D eigenvalue weighted by Gasteiger charge is -2.34. The molecule has 0 heterocycles. The van der Waals surface area contributed by atoms with Crippen LogP contribution in [0.4, 0.5) is 5.69 Å². The summed E-state index contributed by atoms with van der Waals surface area (Å²) in [5.74, 6) is -0.0172. The van der Waals surface area contributed by atoms with E-state index in [9.17, 15) is 19.7 Å². The Bertz CT molecular complexity index is 701. The number of carbonyl (C=O) groups is 2. The molecule has 1 fully saturated rings. The van der Waals surface area contributed by atoms with E-state index in [1.807, 2.05) is 0 Å². The first-order valence-corrected chi connectivity index (χ1v) is 8.75. The van der Waals surface area contributed by atoms with E-state index in [4.69, 9.17) is 4.74 Å². The molecule has 1 aliphatic carbocycles. The van der Waals surface area contributed by atoms with Crippen molar-refractivity contribution in [1.29, 1.82) is 0 Å². The van der Waals surface area contributed by atoms with Gasteiger partial charge in [-0.2, -0.15) is 0 Å². The zero-order valence-corrected chi connectivity index (χ0v) is 15.0. The summed E-state index contributed by atoms with van der Waals surface area (Å²) >= 11 is 0. The van der Waals surface area contributed by atoms with Crippen molar-refractivity contribution in [3.05, 3.63) is 46.0 Å². The third-order valence-electron chi connectivity index (χ3n) is 4.89. The number of esters is 1. The van der Waals surface area contributed by atoms with E-state index in [2.05, 4.69) is 19.2 Å². The van der Waals surface area contributed by atoms with Gasteiger partial charge in [-0.3, -0.25) is 14.9 Å². The molecular formula is C19H24N2O5. The molecule has 1 aliphatic rings. The van der Waals surface area contributed by atoms with E-state index in [0.717, 1.165) is 18.9 Å². The van der Waals surface area contributed by atoms with Crippen LogP contribution in [0.1, 0.15) is 38.7 Å². The monoisotopic (exact) mass is 360 g/mol. The average Bonchev–Trinajstić information content (AvgIpc) is 2.62. The molecule has 1 amide bonds. The quantitative estimate of drug-likeness (QED) is 0.364. The Hall–Kier alpha value is -2.70. The summed E-state index contributed by atoms with van der Waals surface area (Å²) in [6, 6.07) is 6.00. The molecule has 26 heavy (non-hydrogen) atoms. The second-order valence-corrected chi connectivity index (χ2v) is 6.73. The molecular weight excluding hydrogens is 336 g/mol. The fraction of sp³-hybridized carbons (Fsp3) is 0.474. The maximum Gasteiger partial charge on any atom is 0.331 e. The van der Waals surface area contributed by atoms with Crippen LogP contribution in [0.25, 0.3) is 6.08 Å². The molecule has 3 atom stereocenters. The summed E-state index contributed by atoms with van der Waals surface area (Å²) in [5, 5.41) is 13.7. The van der Waals surface area contributed by atoms with Gasteiger partial charge in [0.2, 0.25) is 0 Å². The van der Waals surface area contributed by atoms with Crippen molar-refractivity contribution in [2.24, 2.45) is 11.8 Å². The van der Waals surface area contributed by atoms with Crippen molar-refractivity contribution in [1.82, 2.24) is 5.32 Å². The van der Waals surface area contributed by atoms with Crippen LogP contribution in [-0.2, 0) is 14.3 Å². The van der Waals surface area contributed by atoms with Gasteiger partial charge in [-0.1, -0.05) is 38.8 Å². The summed E-state index contributed by atoms with van der Waals surface area (Å²) in [6.07, 6.45) is 5.76. The van der Waals surface area contributed by atoms with Crippen molar-refractivity contribution in [2.45, 2.75) is 39.2 Å². The second kappa shape index (κ2) is 9.12. The van der Waals surface area contributed by atoms with Crippen molar-refractivity contribution < 1.29 is 19.2 Å². The molecule has 0 bridgehead atoms. The lowest BCUT2D eigenvalue weighted by atomic mass is 9.78. The number of amides is 1. The number of hydrogen-bond acceptors (Lipinski definition) is 5. The predicted octanol–water partition coefficient (Wildman–Crippen LogP) is 3.09. The Labute approximate surface area is 152 Å². The van der Waals surface area contributed by atoms with E-state index in [0.29, 0.717) is 17.4 Å². The van der Waals surface area contributed by atoms with Gasteiger partial charge in [-0.05, 0) is 29.9 Å². The maximum absolute atomic E-state index is 12.0. The van der Waals surface area contributed by atoms with Crippen LogP contribution >= 0.6 is 0 Å². The van der Waals surface area contributed by atoms with Gasteiger partial charge < -0.3 is 10.1 Å². The van der Waals surface area contributed by atoms with Crippen molar-refractivity contribution in [2.75, 3.05) is 6.61 Å². The Morgan fingerprint density at radius 2 is 2.12 bits per heavy atom. The standard InChI is InChI=1S/C19H24N2O5/c1-13-5-3-8-17(14(13)2)20-18(22)12-26-19(23)10-9-15-6-4-7-16(11-15)21(24)25/h4,6-7,9-11,13-14,17H,3,5,8,12H2,1-2H3,(H,20,22)/b10-9+/t13-,14-,17-/m1/s1. The van der Waals surface area contributed by atoms with Gasteiger partial charge in [0.25, 0.3) is 11.6 Å². The molecule has 0 spiro atoms. The fourth-order valence-corrected chi connectivity index (χ4v) is 3.13. The molecule has 7 heteroatoms. The third kappa shape index (κ3) is 5.68. The third-order valence-corrected chi connectivity index (χ3v) is 4.89. The van der Waals surface area contributed by atoms with Crippen LogP contribution < -0.4 is 5.32 Å². The molecule has 1 aromatic carbocycles. The number of nitrogens with one attached hydrogen (secondary N) is 1. The lowest BCUT2D eigenvalue weighted by Crippen LogP contribution is -2.45. The zero-order valence-electron chi connectivity index (χ0n) is 15.0. The van der Waals surface area contributed by atoms with Crippen LogP contribution in [0.2, 0.25) is 0 Å². The number of nitrogens with zero attached hydrogens (tertiary/aromatic N) is 1. The predicted molar refractivity (Wildman–Crippen MR) is 97.2 cm³/mol. The molecule has 140 valence electrons. The lowest BCUT2D eigenvalue weighted by molar-refractivity contribution is -0.384. The zero-order chi connectivity index (χ0) is 19.1. The van der Waals surface area contributed by atoms with Gasteiger partial charge in [0.15, 0.2) is 6.61 Å². The highest BCUT2D eigenvalue weighted by Crippen LogP contribution is 2.29. The molecule has 0 aromatic heterocycles. The summed E-state index contributed by atoms with van der Waals surface area (Å²) in [5.41, 5.74) is 0.446. The summed E-state index contributed by atoms with van der Waals surface area (Å²) in [6.45, 7) is 3.97. The van der Waals surface area contributed by atoms with Gasteiger partial charge in [-0.25, -0.2) is 4.79 Å². The van der Waals surface area contributed by atoms with E-state index in [-0.39, 0.29) is 24.2 Å². The SMILES string of the molecule is C[C@@H]1[C@H](C)CCC[C@H]1NC(=O)COC(=O)/C=C/c1cccc([N+](=O)[O-])c1. The fourth-order valence-electron chi connectivity index (χ4n) is 3.13. The van der Waals surface area contributed by atoms with Gasteiger partial charge in [0.05, 0.1) is 4.92 Å². The Kier molecular flexibility index (Phi) is 6.89. The average molecular weight is 360 g/mol. The second-order valence-electron chi connectivity index (χ2n) is 6.73. The highest BCUT2D eigenvalue weighted by Gasteiger charge is 2.28. The molecule has 0 aliphatic heterocycles. The highest BCUT2D eigenvalue weighted by atomic mass is 16.6. The van der Waals surface area contributed by atoms with Gasteiger partial charge in [-0.15, -0.1) is 0 Å². The molecule has 2 rings (SSSR count). The van der Waals surface area contributed by atoms with E-state index in [1.54, 1.807) is 6.07 Å². The minimum absolute atomic E-state index is 0.0595. The largest absolute Gasteiger partial charge is 0.452 e. The summed E-state index contributed by atoms with van der Waals surface area (Å²) in [7, 11) is 0. The molecule has 0 saturated heterocycles. The van der Waals surface area contributed by atoms with Crippen LogP contribution in [0.5, 0.6) is 0 Å². The van der Waals surface area contributed by atoms with Crippen molar-refractivity contribution >= 4 is 23.6 Å². The highest BCUT2D eigenvalue weighted by molar-refractivity contribution is 5.89. The maximum atomic E-state index is 12.0. The normalized spacial score (nSPS) is 22.8. The topological polar surface area (TPSA) is 98.5 Å². The van der Waals surface area contributed by atoms with E-state index >= 15 is 0 Å². The molecule has 7 nitrogen and oxygen atoms in total. The number of carbonyl (C=O) groups excluding carboxylic acids is 2. The summed E-state index contributed by atoms with van der Waals surface area (Å²) < 4.78 is 4.94. The Balaban J connectivity index is 1.80. The van der Waals surface area contributed by atoms with Gasteiger partial charge >= 0.3 is 5.97 Å². The molecule has 1 N–H and O–H groups in total. The number of ether oxygens (including phenoxy) is 1. The number of non-ortho nitro benzene ring substituents is 1. The molecule has 0 radical (unpaired) electrons. The number of hydrogen-bond donors (Lipinski definition) is 1. The van der Waals surface area contributed by atoms with E-state index < -0.39 is 10.9 Å². The number of nitro benzene ring substituents is 1. The Morgan fingerprint density at radius 3 is 2.85 bits per heavy atom. The first-order chi connectivity index (χ1) is 12.4. The first kappa shape index (κ1) is 19.6. The van der Waals surface area contributed by atoms with Crippen LogP contribution in [-0.4, -0.2) is 29.4 Å². The molecule has 1 aromatic rings. The van der Waals surface area contributed by atoms with Crippen molar-refractivity contribution in [3.63, 3.8) is 0 Å². The Morgan fingerprint density at radius 1 is 1.35 bits per heavy atom. The summed E-state index contributed by atoms with van der Waals surface area (Å²) in [4.78, 5) is 33.9. The smallest absolute Gasteiger partial charge is 0.331 e. The minimum Gasteiger partial charge on any atom is -0.452 e. The van der Waals surface area contributed by atoms with Crippen molar-refractivity contribution in [3.8, 4) is 0 Å². The number of rotatable bonds is 6. The van der Waals surface area contributed by atoms with E-state index in [1.165, 1.54) is 30.7 Å². The van der Waals surface area contributed by atoms with Crippen LogP contribution in [0, 0.1) is 22.0 Å². The number of benzene rings is 1. The minimum atomic E-state index is -0.670. The van der Waals surface area contributed by atoms with Crippen LogP contribution in [0.15, 0.2) is 30.3 Å². The molecule has 1 saturated carbocycles. The van der Waals surface area contributed by atoms with Crippen LogP contribution in [0.3, 0.4) is 0 Å². The first-order valence-electron chi connectivity index (χ1n) is 8.75. The molecule has 0 unspecified atom stereocenters.